The molecule has 1 aromatic rings. The Morgan fingerprint density at radius 3 is 2.32 bits per heavy atom. The molecule has 1 amide bonds. The standard InChI is InChI=1S/C12H10Cl2F3NO4/c1-22-10(20)11(21,12(15,16)17)5-9(19)18-6-2-3-7(13)8(14)4-6/h2-4,21H,5H2,1H3,(H,18,19)/t11-/m0/s1. The van der Waals surface area contributed by atoms with Crippen molar-refractivity contribution in [3.05, 3.63) is 28.2 Å². The molecule has 10 heteroatoms. The molecule has 0 heterocycles. The SMILES string of the molecule is COC(=O)[C@@](O)(CC(=O)Nc1ccc(Cl)c(Cl)c1)C(F)(F)F. The van der Waals surface area contributed by atoms with Crippen LogP contribution >= 0.6 is 23.2 Å². The van der Waals surface area contributed by atoms with E-state index in [0.29, 0.717) is 7.11 Å². The fraction of sp³-hybridized carbons (Fsp3) is 0.333. The second kappa shape index (κ2) is 6.72. The summed E-state index contributed by atoms with van der Waals surface area (Å²) >= 11 is 11.3. The molecule has 0 spiro atoms. The number of anilines is 1. The number of ether oxygens (including phenoxy) is 1. The van der Waals surface area contributed by atoms with E-state index in [1.165, 1.54) is 18.2 Å². The predicted molar refractivity (Wildman–Crippen MR) is 72.7 cm³/mol. The van der Waals surface area contributed by atoms with Crippen LogP contribution in [0.3, 0.4) is 0 Å². The first-order chi connectivity index (χ1) is 10.0. The van der Waals surface area contributed by atoms with E-state index in [0.717, 1.165) is 0 Å². The molecule has 0 bridgehead atoms. The van der Waals surface area contributed by atoms with Crippen LogP contribution in [0.5, 0.6) is 0 Å². The zero-order valence-corrected chi connectivity index (χ0v) is 12.5. The minimum absolute atomic E-state index is 0.0498. The molecule has 0 aromatic heterocycles. The third kappa shape index (κ3) is 4.02. The second-order valence-electron chi connectivity index (χ2n) is 4.20. The van der Waals surface area contributed by atoms with Crippen molar-refractivity contribution >= 4 is 40.8 Å². The number of nitrogens with one attached hydrogen (secondary N) is 1. The van der Waals surface area contributed by atoms with Crippen LogP contribution in [-0.4, -0.2) is 35.9 Å². The van der Waals surface area contributed by atoms with Gasteiger partial charge >= 0.3 is 12.1 Å². The number of alkyl halides is 3. The minimum atomic E-state index is -5.38. The fourth-order valence-electron chi connectivity index (χ4n) is 1.47. The molecule has 1 aromatic carbocycles. The van der Waals surface area contributed by atoms with Gasteiger partial charge in [-0.15, -0.1) is 0 Å². The smallest absolute Gasteiger partial charge is 0.428 e. The Morgan fingerprint density at radius 1 is 1.27 bits per heavy atom. The average molecular weight is 360 g/mol. The number of rotatable bonds is 4. The molecule has 0 saturated carbocycles. The van der Waals surface area contributed by atoms with Gasteiger partial charge in [0.1, 0.15) is 0 Å². The molecule has 122 valence electrons. The molecule has 2 N–H and O–H groups in total. The molecular formula is C12H10Cl2F3NO4. The van der Waals surface area contributed by atoms with Gasteiger partial charge in [0.25, 0.3) is 5.60 Å². The highest BCUT2D eigenvalue weighted by Crippen LogP contribution is 2.34. The summed E-state index contributed by atoms with van der Waals surface area (Å²) in [4.78, 5) is 22.8. The summed E-state index contributed by atoms with van der Waals surface area (Å²) in [7, 11) is 0.663. The van der Waals surface area contributed by atoms with Gasteiger partial charge in [-0.25, -0.2) is 4.79 Å². The Kier molecular flexibility index (Phi) is 5.66. The number of amides is 1. The van der Waals surface area contributed by atoms with Crippen molar-refractivity contribution in [2.24, 2.45) is 0 Å². The van der Waals surface area contributed by atoms with Gasteiger partial charge in [-0.1, -0.05) is 23.2 Å². The van der Waals surface area contributed by atoms with Crippen molar-refractivity contribution in [2.75, 3.05) is 12.4 Å². The maximum Gasteiger partial charge on any atom is 0.428 e. The van der Waals surface area contributed by atoms with Gasteiger partial charge in [0.05, 0.1) is 23.6 Å². The highest BCUT2D eigenvalue weighted by Gasteiger charge is 2.61. The van der Waals surface area contributed by atoms with E-state index < -0.39 is 30.1 Å². The van der Waals surface area contributed by atoms with Crippen LogP contribution in [0.4, 0.5) is 18.9 Å². The van der Waals surface area contributed by atoms with Gasteiger partial charge in [-0.05, 0) is 18.2 Å². The molecule has 0 radical (unpaired) electrons. The lowest BCUT2D eigenvalue weighted by Crippen LogP contribution is -2.54. The monoisotopic (exact) mass is 359 g/mol. The Bertz CT molecular complexity index is 594. The van der Waals surface area contributed by atoms with E-state index in [4.69, 9.17) is 23.2 Å². The molecule has 0 aliphatic rings. The normalized spacial score (nSPS) is 14.1. The third-order valence-corrected chi connectivity index (χ3v) is 3.35. The summed E-state index contributed by atoms with van der Waals surface area (Å²) in [5, 5.41) is 11.8. The number of methoxy groups -OCH3 is 1. The van der Waals surface area contributed by atoms with E-state index in [9.17, 15) is 27.9 Å². The van der Waals surface area contributed by atoms with Crippen LogP contribution in [0, 0.1) is 0 Å². The van der Waals surface area contributed by atoms with Crippen molar-refractivity contribution in [1.29, 1.82) is 0 Å². The van der Waals surface area contributed by atoms with Crippen LogP contribution < -0.4 is 5.32 Å². The summed E-state index contributed by atoms with van der Waals surface area (Å²) in [6, 6.07) is 3.80. The Morgan fingerprint density at radius 2 is 1.86 bits per heavy atom. The molecule has 0 unspecified atom stereocenters. The van der Waals surface area contributed by atoms with Crippen molar-refractivity contribution < 1.29 is 32.6 Å². The van der Waals surface area contributed by atoms with Crippen LogP contribution in [0.2, 0.25) is 10.0 Å². The van der Waals surface area contributed by atoms with Crippen LogP contribution in [0.15, 0.2) is 18.2 Å². The summed E-state index contributed by atoms with van der Waals surface area (Å²) in [5.41, 5.74) is -3.89. The minimum Gasteiger partial charge on any atom is -0.467 e. The fourth-order valence-corrected chi connectivity index (χ4v) is 1.77. The topological polar surface area (TPSA) is 75.6 Å². The number of hydrogen-bond donors (Lipinski definition) is 2. The lowest BCUT2D eigenvalue weighted by atomic mass is 9.98. The lowest BCUT2D eigenvalue weighted by Gasteiger charge is -2.26. The number of hydrogen-bond acceptors (Lipinski definition) is 4. The summed E-state index contributed by atoms with van der Waals surface area (Å²) in [6.45, 7) is 0. The van der Waals surface area contributed by atoms with Crippen LogP contribution in [0.25, 0.3) is 0 Å². The van der Waals surface area contributed by atoms with E-state index in [1.54, 1.807) is 0 Å². The van der Waals surface area contributed by atoms with Crippen LogP contribution in [-0.2, 0) is 14.3 Å². The average Bonchev–Trinajstić information content (AvgIpc) is 2.40. The van der Waals surface area contributed by atoms with Gasteiger partial charge in [0, 0.05) is 5.69 Å². The number of halogens is 5. The first kappa shape index (κ1) is 18.5. The molecular weight excluding hydrogens is 350 g/mol. The van der Waals surface area contributed by atoms with Crippen molar-refractivity contribution in [3.63, 3.8) is 0 Å². The highest BCUT2D eigenvalue weighted by molar-refractivity contribution is 6.42. The van der Waals surface area contributed by atoms with Crippen molar-refractivity contribution in [2.45, 2.75) is 18.2 Å². The highest BCUT2D eigenvalue weighted by atomic mass is 35.5. The number of carbonyl (C=O) groups excluding carboxylic acids is 2. The molecule has 5 nitrogen and oxygen atoms in total. The Labute approximate surface area is 133 Å². The van der Waals surface area contributed by atoms with E-state index in [1.807, 2.05) is 0 Å². The summed E-state index contributed by atoms with van der Waals surface area (Å²) in [6.07, 6.45) is -6.95. The second-order valence-corrected chi connectivity index (χ2v) is 5.02. The first-order valence-electron chi connectivity index (χ1n) is 5.63. The number of aliphatic hydroxyl groups is 1. The van der Waals surface area contributed by atoms with E-state index in [-0.39, 0.29) is 15.7 Å². The molecule has 1 rings (SSSR count). The molecule has 0 aliphatic heterocycles. The number of carbonyl (C=O) groups is 2. The molecule has 22 heavy (non-hydrogen) atoms. The maximum absolute atomic E-state index is 12.8. The summed E-state index contributed by atoms with van der Waals surface area (Å²) < 4.78 is 42.3. The van der Waals surface area contributed by atoms with Gasteiger partial charge in [-0.3, -0.25) is 4.79 Å². The van der Waals surface area contributed by atoms with Crippen LogP contribution in [0.1, 0.15) is 6.42 Å². The van der Waals surface area contributed by atoms with Gasteiger partial charge in [-0.2, -0.15) is 13.2 Å². The molecule has 0 fully saturated rings. The molecule has 0 aliphatic carbocycles. The first-order valence-corrected chi connectivity index (χ1v) is 6.39. The van der Waals surface area contributed by atoms with Gasteiger partial charge in [0.2, 0.25) is 5.91 Å². The zero-order valence-electron chi connectivity index (χ0n) is 11.0. The summed E-state index contributed by atoms with van der Waals surface area (Å²) in [5.74, 6) is -3.24. The predicted octanol–water partition coefficient (Wildman–Crippen LogP) is 2.79. The molecule has 0 saturated heterocycles. The van der Waals surface area contributed by atoms with Gasteiger partial charge in [0.15, 0.2) is 0 Å². The number of benzene rings is 1. The largest absolute Gasteiger partial charge is 0.467 e. The number of esters is 1. The quantitative estimate of drug-likeness (QED) is 0.810. The van der Waals surface area contributed by atoms with E-state index in [2.05, 4.69) is 10.1 Å². The zero-order chi connectivity index (χ0) is 17.1. The lowest BCUT2D eigenvalue weighted by molar-refractivity contribution is -0.261. The van der Waals surface area contributed by atoms with Crippen molar-refractivity contribution in [3.8, 4) is 0 Å². The Balaban J connectivity index is 2.93. The maximum atomic E-state index is 12.8. The van der Waals surface area contributed by atoms with Gasteiger partial charge < -0.3 is 15.2 Å². The molecule has 1 atom stereocenters. The van der Waals surface area contributed by atoms with E-state index >= 15 is 0 Å². The van der Waals surface area contributed by atoms with Crippen molar-refractivity contribution in [1.82, 2.24) is 0 Å². The Hall–Kier alpha value is -1.51. The third-order valence-electron chi connectivity index (χ3n) is 2.61.